The van der Waals surface area contributed by atoms with Gasteiger partial charge in [0, 0.05) is 6.20 Å². The molecule has 82 valence electrons. The zero-order valence-corrected chi connectivity index (χ0v) is 10.6. The van der Waals surface area contributed by atoms with Crippen molar-refractivity contribution in [2.75, 3.05) is 12.4 Å². The fraction of sp³-hybridized carbons (Fsp3) is 0.333. The van der Waals surface area contributed by atoms with Gasteiger partial charge >= 0.3 is 5.97 Å². The zero-order valence-electron chi connectivity index (χ0n) is 8.25. The van der Waals surface area contributed by atoms with E-state index in [1.54, 1.807) is 19.2 Å². The highest BCUT2D eigenvalue weighted by Gasteiger charge is 2.14. The van der Waals surface area contributed by atoms with Gasteiger partial charge in [-0.05, 0) is 28.9 Å². The molecule has 0 aliphatic carbocycles. The van der Waals surface area contributed by atoms with Crippen molar-refractivity contribution in [2.24, 2.45) is 0 Å². The summed E-state index contributed by atoms with van der Waals surface area (Å²) in [4.78, 5) is 15.0. The third-order valence-electron chi connectivity index (χ3n) is 1.75. The van der Waals surface area contributed by atoms with Gasteiger partial charge in [-0.1, -0.05) is 11.6 Å². The number of pyridine rings is 1. The van der Waals surface area contributed by atoms with Crippen LogP contribution < -0.4 is 5.32 Å². The van der Waals surface area contributed by atoms with Crippen LogP contribution in [0.2, 0.25) is 5.15 Å². The lowest BCUT2D eigenvalue weighted by molar-refractivity contribution is -0.141. The van der Waals surface area contributed by atoms with Crippen LogP contribution in [0.1, 0.15) is 6.92 Å². The van der Waals surface area contributed by atoms with Crippen molar-refractivity contribution in [3.05, 3.63) is 21.9 Å². The quantitative estimate of drug-likeness (QED) is 0.687. The molecule has 0 aliphatic heterocycles. The van der Waals surface area contributed by atoms with Crippen LogP contribution in [0.15, 0.2) is 16.7 Å². The molecule has 0 aliphatic rings. The van der Waals surface area contributed by atoms with Crippen molar-refractivity contribution in [3.63, 3.8) is 0 Å². The second-order valence-corrected chi connectivity index (χ2v) is 4.12. The van der Waals surface area contributed by atoms with Crippen LogP contribution in [-0.4, -0.2) is 24.1 Å². The van der Waals surface area contributed by atoms with E-state index in [0.717, 1.165) is 4.47 Å². The second-order valence-electron chi connectivity index (χ2n) is 2.88. The first-order chi connectivity index (χ1) is 7.04. The molecule has 1 N–H and O–H groups in total. The molecule has 4 nitrogen and oxygen atoms in total. The number of carbonyl (C=O) groups excluding carboxylic acids is 1. The smallest absolute Gasteiger partial charge is 0.327 e. The molecule has 0 spiro atoms. The molecule has 0 radical (unpaired) electrons. The number of hydrogen-bond donors (Lipinski definition) is 1. The zero-order chi connectivity index (χ0) is 11.4. The predicted molar refractivity (Wildman–Crippen MR) is 62.0 cm³/mol. The first-order valence-corrected chi connectivity index (χ1v) is 5.37. The summed E-state index contributed by atoms with van der Waals surface area (Å²) in [6, 6.07) is 1.19. The Morgan fingerprint density at radius 2 is 2.40 bits per heavy atom. The topological polar surface area (TPSA) is 51.2 Å². The molecule has 1 aromatic rings. The summed E-state index contributed by atoms with van der Waals surface area (Å²) in [5, 5.41) is 3.31. The molecule has 15 heavy (non-hydrogen) atoms. The van der Waals surface area contributed by atoms with Crippen molar-refractivity contribution in [3.8, 4) is 0 Å². The van der Waals surface area contributed by atoms with E-state index in [0.29, 0.717) is 10.8 Å². The summed E-state index contributed by atoms with van der Waals surface area (Å²) in [5.41, 5.74) is 0.702. The van der Waals surface area contributed by atoms with Gasteiger partial charge in [-0.25, -0.2) is 9.78 Å². The normalized spacial score (nSPS) is 12.0. The Labute approximate surface area is 101 Å². The van der Waals surface area contributed by atoms with E-state index in [1.165, 1.54) is 7.11 Å². The lowest BCUT2D eigenvalue weighted by atomic mass is 10.3. The number of esters is 1. The number of rotatable bonds is 3. The van der Waals surface area contributed by atoms with Crippen LogP contribution in [0.25, 0.3) is 0 Å². The van der Waals surface area contributed by atoms with E-state index < -0.39 is 6.04 Å². The van der Waals surface area contributed by atoms with Crippen molar-refractivity contribution in [1.29, 1.82) is 0 Å². The average molecular weight is 294 g/mol. The molecule has 0 aromatic carbocycles. The first-order valence-electron chi connectivity index (χ1n) is 4.20. The maximum atomic E-state index is 11.2. The largest absolute Gasteiger partial charge is 0.467 e. The van der Waals surface area contributed by atoms with Gasteiger partial charge in [0.1, 0.15) is 11.2 Å². The lowest BCUT2D eigenvalue weighted by Gasteiger charge is -2.13. The summed E-state index contributed by atoms with van der Waals surface area (Å²) in [7, 11) is 1.34. The minimum Gasteiger partial charge on any atom is -0.467 e. The summed E-state index contributed by atoms with van der Waals surface area (Å²) in [5.74, 6) is -0.338. The van der Waals surface area contributed by atoms with E-state index in [-0.39, 0.29) is 5.97 Å². The van der Waals surface area contributed by atoms with Gasteiger partial charge < -0.3 is 10.1 Å². The van der Waals surface area contributed by atoms with Crippen LogP contribution in [0.3, 0.4) is 0 Å². The van der Waals surface area contributed by atoms with E-state index in [2.05, 4.69) is 31.0 Å². The fourth-order valence-electron chi connectivity index (χ4n) is 0.993. The Morgan fingerprint density at radius 3 is 3.00 bits per heavy atom. The van der Waals surface area contributed by atoms with Crippen LogP contribution in [0.5, 0.6) is 0 Å². The molecule has 1 rings (SSSR count). The molecule has 0 saturated carbocycles. The summed E-state index contributed by atoms with van der Waals surface area (Å²) >= 11 is 9.02. The van der Waals surface area contributed by atoms with Crippen molar-refractivity contribution < 1.29 is 9.53 Å². The Kier molecular flexibility index (Phi) is 4.35. The van der Waals surface area contributed by atoms with Gasteiger partial charge in [-0.2, -0.15) is 0 Å². The van der Waals surface area contributed by atoms with Crippen LogP contribution in [0.4, 0.5) is 5.69 Å². The number of anilines is 1. The number of carbonyl (C=O) groups is 1. The van der Waals surface area contributed by atoms with Crippen molar-refractivity contribution in [1.82, 2.24) is 4.98 Å². The molecule has 1 aromatic heterocycles. The number of nitrogens with one attached hydrogen (secondary N) is 1. The molecule has 1 atom stereocenters. The Hall–Kier alpha value is -0.810. The van der Waals surface area contributed by atoms with Crippen LogP contribution in [0, 0.1) is 0 Å². The minimum atomic E-state index is -0.440. The Morgan fingerprint density at radius 1 is 1.73 bits per heavy atom. The SMILES string of the molecule is COC(=O)[C@@H](C)Nc1cc(Cl)ncc1Br. The summed E-state index contributed by atoms with van der Waals surface area (Å²) in [6.07, 6.45) is 1.56. The number of ether oxygens (including phenoxy) is 1. The van der Waals surface area contributed by atoms with Gasteiger partial charge in [-0.15, -0.1) is 0 Å². The highest BCUT2D eigenvalue weighted by Crippen LogP contribution is 2.24. The molecular weight excluding hydrogens is 283 g/mol. The van der Waals surface area contributed by atoms with E-state index in [1.807, 2.05) is 0 Å². The standard InChI is InChI=1S/C9H10BrClN2O2/c1-5(9(14)15-2)13-7-3-8(11)12-4-6(7)10/h3-5H,1-2H3,(H,12,13)/t5-/m1/s1. The maximum absolute atomic E-state index is 11.2. The maximum Gasteiger partial charge on any atom is 0.327 e. The molecule has 6 heteroatoms. The molecule has 0 amide bonds. The van der Waals surface area contributed by atoms with Gasteiger partial charge in [-0.3, -0.25) is 0 Å². The number of hydrogen-bond acceptors (Lipinski definition) is 4. The second kappa shape index (κ2) is 5.32. The molecule has 0 bridgehead atoms. The van der Waals surface area contributed by atoms with Gasteiger partial charge in [0.25, 0.3) is 0 Å². The Bertz CT molecular complexity index is 373. The number of aromatic nitrogens is 1. The van der Waals surface area contributed by atoms with Crippen molar-refractivity contribution in [2.45, 2.75) is 13.0 Å². The summed E-state index contributed by atoms with van der Waals surface area (Å²) < 4.78 is 5.33. The molecule has 0 saturated heterocycles. The fourth-order valence-corrected chi connectivity index (χ4v) is 1.48. The number of methoxy groups -OCH3 is 1. The number of halogens is 2. The van der Waals surface area contributed by atoms with Crippen LogP contribution in [-0.2, 0) is 9.53 Å². The minimum absolute atomic E-state index is 0.338. The molecular formula is C9H10BrClN2O2. The van der Waals surface area contributed by atoms with Crippen LogP contribution >= 0.6 is 27.5 Å². The number of nitrogens with zero attached hydrogens (tertiary/aromatic N) is 1. The van der Waals surface area contributed by atoms with Gasteiger partial charge in [0.15, 0.2) is 0 Å². The van der Waals surface area contributed by atoms with E-state index in [9.17, 15) is 4.79 Å². The monoisotopic (exact) mass is 292 g/mol. The molecule has 0 unspecified atom stereocenters. The first kappa shape index (κ1) is 12.3. The highest BCUT2D eigenvalue weighted by atomic mass is 79.9. The van der Waals surface area contributed by atoms with Gasteiger partial charge in [0.2, 0.25) is 0 Å². The summed E-state index contributed by atoms with van der Waals surface area (Å²) in [6.45, 7) is 1.70. The van der Waals surface area contributed by atoms with E-state index in [4.69, 9.17) is 11.6 Å². The average Bonchev–Trinajstić information content (AvgIpc) is 2.22. The predicted octanol–water partition coefficient (Wildman–Crippen LogP) is 2.47. The molecule has 0 fully saturated rings. The van der Waals surface area contributed by atoms with E-state index >= 15 is 0 Å². The lowest BCUT2D eigenvalue weighted by Crippen LogP contribution is -2.27. The highest BCUT2D eigenvalue weighted by molar-refractivity contribution is 9.10. The van der Waals surface area contributed by atoms with Gasteiger partial charge in [0.05, 0.1) is 17.3 Å². The van der Waals surface area contributed by atoms with Crippen molar-refractivity contribution >= 4 is 39.2 Å². The third-order valence-corrected chi connectivity index (χ3v) is 2.59. The third kappa shape index (κ3) is 3.35. The molecule has 1 heterocycles. The Balaban J connectivity index is 2.80.